The van der Waals surface area contributed by atoms with Crippen molar-refractivity contribution < 1.29 is 9.90 Å². The summed E-state index contributed by atoms with van der Waals surface area (Å²) in [5, 5.41) is 16.8. The molecule has 5 rings (SSSR count). The lowest BCUT2D eigenvalue weighted by Gasteiger charge is -2.12. The molecule has 0 saturated carbocycles. The molecule has 0 aliphatic rings. The first-order valence-electron chi connectivity index (χ1n) is 10.4. The molecule has 0 aliphatic heterocycles. The van der Waals surface area contributed by atoms with Gasteiger partial charge in [-0.25, -0.2) is 19.1 Å². The number of hydrogen-bond acceptors (Lipinski definition) is 4. The van der Waals surface area contributed by atoms with E-state index in [0.717, 1.165) is 26.9 Å². The SMILES string of the molecule is O=C(/N=C/c1c(O)n(-c2cccc3ccccc23)c(=O)[nH]c1=O)Nc1cccc2ccccc12. The molecular formula is C26H18N4O4. The summed E-state index contributed by atoms with van der Waals surface area (Å²) in [5.74, 6) is -0.619. The van der Waals surface area contributed by atoms with Gasteiger partial charge in [0.25, 0.3) is 5.56 Å². The number of hydrogen-bond donors (Lipinski definition) is 3. The molecule has 0 atom stereocenters. The molecular weight excluding hydrogens is 432 g/mol. The normalized spacial score (nSPS) is 11.3. The minimum Gasteiger partial charge on any atom is -0.493 e. The average Bonchev–Trinajstić information content (AvgIpc) is 2.84. The second-order valence-electron chi connectivity index (χ2n) is 7.55. The number of nitrogens with one attached hydrogen (secondary N) is 2. The number of aromatic nitrogens is 2. The molecule has 8 nitrogen and oxygen atoms in total. The lowest BCUT2D eigenvalue weighted by molar-refractivity contribution is 0.259. The summed E-state index contributed by atoms with van der Waals surface area (Å²) in [4.78, 5) is 43.4. The van der Waals surface area contributed by atoms with Gasteiger partial charge in [0.1, 0.15) is 5.56 Å². The molecule has 34 heavy (non-hydrogen) atoms. The number of carbonyl (C=O) groups is 1. The van der Waals surface area contributed by atoms with Crippen molar-refractivity contribution in [3.05, 3.63) is 111 Å². The molecule has 0 bridgehead atoms. The van der Waals surface area contributed by atoms with Gasteiger partial charge in [0, 0.05) is 10.8 Å². The minimum atomic E-state index is -0.860. The van der Waals surface area contributed by atoms with E-state index in [-0.39, 0.29) is 5.56 Å². The van der Waals surface area contributed by atoms with Crippen LogP contribution < -0.4 is 16.6 Å². The number of carbonyl (C=O) groups excluding carboxylic acids is 1. The van der Waals surface area contributed by atoms with E-state index in [1.807, 2.05) is 48.5 Å². The average molecular weight is 450 g/mol. The molecule has 0 radical (unpaired) electrons. The molecule has 0 aliphatic carbocycles. The largest absolute Gasteiger partial charge is 0.493 e. The first-order chi connectivity index (χ1) is 16.5. The lowest BCUT2D eigenvalue weighted by Crippen LogP contribution is -2.31. The molecule has 3 N–H and O–H groups in total. The number of fused-ring (bicyclic) bond motifs is 2. The highest BCUT2D eigenvalue weighted by Crippen LogP contribution is 2.25. The number of rotatable bonds is 3. The predicted octanol–water partition coefficient (Wildman–Crippen LogP) is 4.19. The number of H-pyrrole nitrogens is 1. The van der Waals surface area contributed by atoms with E-state index in [4.69, 9.17) is 0 Å². The van der Waals surface area contributed by atoms with Gasteiger partial charge in [-0.05, 0) is 22.9 Å². The van der Waals surface area contributed by atoms with Crippen molar-refractivity contribution >= 4 is 39.5 Å². The maximum absolute atomic E-state index is 12.6. The van der Waals surface area contributed by atoms with Crippen LogP contribution >= 0.6 is 0 Å². The molecule has 0 spiro atoms. The van der Waals surface area contributed by atoms with Crippen LogP contribution in [0.2, 0.25) is 0 Å². The molecule has 5 aromatic rings. The van der Waals surface area contributed by atoms with Gasteiger partial charge in [-0.15, -0.1) is 0 Å². The van der Waals surface area contributed by atoms with Gasteiger partial charge in [-0.1, -0.05) is 72.8 Å². The number of aliphatic imine (C=N–C) groups is 1. The maximum atomic E-state index is 12.6. The Balaban J connectivity index is 1.53. The first kappa shape index (κ1) is 20.9. The zero-order chi connectivity index (χ0) is 23.7. The Morgan fingerprint density at radius 3 is 2.24 bits per heavy atom. The topological polar surface area (TPSA) is 117 Å². The summed E-state index contributed by atoms with van der Waals surface area (Å²) < 4.78 is 0.980. The zero-order valence-corrected chi connectivity index (χ0v) is 17.7. The van der Waals surface area contributed by atoms with Crippen molar-refractivity contribution in [1.29, 1.82) is 0 Å². The van der Waals surface area contributed by atoms with Crippen LogP contribution in [0.4, 0.5) is 10.5 Å². The van der Waals surface area contributed by atoms with Crippen molar-refractivity contribution in [2.75, 3.05) is 5.32 Å². The summed E-state index contributed by atoms with van der Waals surface area (Å²) in [6, 6.07) is 24.8. The summed E-state index contributed by atoms with van der Waals surface area (Å²) in [6.07, 6.45) is 0.940. The van der Waals surface area contributed by atoms with Crippen molar-refractivity contribution in [2.24, 2.45) is 4.99 Å². The van der Waals surface area contributed by atoms with Crippen molar-refractivity contribution in [3.8, 4) is 11.6 Å². The van der Waals surface area contributed by atoms with Crippen LogP contribution in [0.1, 0.15) is 5.56 Å². The molecule has 0 saturated heterocycles. The smallest absolute Gasteiger partial charge is 0.345 e. The van der Waals surface area contributed by atoms with E-state index in [0.29, 0.717) is 16.8 Å². The summed E-state index contributed by atoms with van der Waals surface area (Å²) >= 11 is 0. The molecule has 4 aromatic carbocycles. The van der Waals surface area contributed by atoms with Crippen LogP contribution in [-0.4, -0.2) is 26.9 Å². The van der Waals surface area contributed by atoms with Crippen LogP contribution in [-0.2, 0) is 0 Å². The van der Waals surface area contributed by atoms with Gasteiger partial charge in [0.2, 0.25) is 5.88 Å². The minimum absolute atomic E-state index is 0.319. The van der Waals surface area contributed by atoms with Crippen molar-refractivity contribution in [1.82, 2.24) is 9.55 Å². The second kappa shape index (κ2) is 8.51. The van der Waals surface area contributed by atoms with E-state index >= 15 is 0 Å². The van der Waals surface area contributed by atoms with Gasteiger partial charge < -0.3 is 10.4 Å². The van der Waals surface area contributed by atoms with Crippen molar-refractivity contribution in [2.45, 2.75) is 0 Å². The summed E-state index contributed by atoms with van der Waals surface area (Å²) in [5.41, 5.74) is -1.05. The highest BCUT2D eigenvalue weighted by atomic mass is 16.3. The van der Waals surface area contributed by atoms with Crippen LogP contribution in [0.5, 0.6) is 5.88 Å². The lowest BCUT2D eigenvalue weighted by atomic mass is 10.1. The second-order valence-corrected chi connectivity index (χ2v) is 7.55. The molecule has 1 aromatic heterocycles. The van der Waals surface area contributed by atoms with Crippen LogP contribution in [0.25, 0.3) is 27.2 Å². The standard InChI is InChI=1S/C26H18N4O4/c31-23-20(15-27-25(33)28-21-13-5-9-16-7-1-3-11-18(16)21)24(32)30(26(34)29-23)22-14-6-10-17-8-2-4-12-19(17)22/h1-15,32H,(H,28,33)(H,29,31,34)/b27-15+. The highest BCUT2D eigenvalue weighted by Gasteiger charge is 2.16. The van der Waals surface area contributed by atoms with Gasteiger partial charge in [-0.3, -0.25) is 9.78 Å². The molecule has 2 amide bonds. The Morgan fingerprint density at radius 1 is 0.853 bits per heavy atom. The Morgan fingerprint density at radius 2 is 1.47 bits per heavy atom. The van der Waals surface area contributed by atoms with E-state index in [9.17, 15) is 19.5 Å². The van der Waals surface area contributed by atoms with Crippen LogP contribution in [0.15, 0.2) is 99.5 Å². The zero-order valence-electron chi connectivity index (χ0n) is 17.7. The van der Waals surface area contributed by atoms with Gasteiger partial charge in [0.05, 0.1) is 17.6 Å². The number of anilines is 1. The first-order valence-corrected chi connectivity index (χ1v) is 10.4. The van der Waals surface area contributed by atoms with E-state index in [1.54, 1.807) is 36.4 Å². The maximum Gasteiger partial charge on any atom is 0.345 e. The van der Waals surface area contributed by atoms with Crippen LogP contribution in [0, 0.1) is 0 Å². The number of amides is 2. The predicted molar refractivity (Wildman–Crippen MR) is 132 cm³/mol. The Kier molecular flexibility index (Phi) is 5.23. The van der Waals surface area contributed by atoms with E-state index < -0.39 is 23.2 Å². The van der Waals surface area contributed by atoms with E-state index in [1.165, 1.54) is 0 Å². The number of nitrogens with zero attached hydrogens (tertiary/aromatic N) is 2. The number of benzene rings is 4. The summed E-state index contributed by atoms with van der Waals surface area (Å²) in [6.45, 7) is 0. The molecule has 0 fully saturated rings. The van der Waals surface area contributed by atoms with Gasteiger partial charge in [0.15, 0.2) is 0 Å². The van der Waals surface area contributed by atoms with Crippen molar-refractivity contribution in [3.63, 3.8) is 0 Å². The number of aromatic hydroxyl groups is 1. The molecule has 0 unspecified atom stereocenters. The van der Waals surface area contributed by atoms with E-state index in [2.05, 4.69) is 15.3 Å². The Labute approximate surface area is 192 Å². The fourth-order valence-electron chi connectivity index (χ4n) is 3.89. The molecule has 8 heteroatoms. The Hall–Kier alpha value is -4.98. The van der Waals surface area contributed by atoms with Crippen LogP contribution in [0.3, 0.4) is 0 Å². The van der Waals surface area contributed by atoms with Gasteiger partial charge in [-0.2, -0.15) is 0 Å². The third-order valence-electron chi connectivity index (χ3n) is 5.47. The highest BCUT2D eigenvalue weighted by molar-refractivity contribution is 6.04. The quantitative estimate of drug-likeness (QED) is 0.357. The molecule has 1 heterocycles. The number of aromatic amines is 1. The molecule has 166 valence electrons. The van der Waals surface area contributed by atoms with Gasteiger partial charge >= 0.3 is 11.7 Å². The monoisotopic (exact) mass is 450 g/mol. The summed E-state index contributed by atoms with van der Waals surface area (Å²) in [7, 11) is 0. The fourth-order valence-corrected chi connectivity index (χ4v) is 3.89. The number of urea groups is 1. The fraction of sp³-hybridized carbons (Fsp3) is 0. The Bertz CT molecular complexity index is 1710. The third-order valence-corrected chi connectivity index (χ3v) is 5.47. The third kappa shape index (κ3) is 3.73.